The van der Waals surface area contributed by atoms with Crippen molar-refractivity contribution in [3.05, 3.63) is 54.3 Å². The van der Waals surface area contributed by atoms with Crippen LogP contribution in [0.5, 0.6) is 5.75 Å². The third kappa shape index (κ3) is 3.93. The van der Waals surface area contributed by atoms with Crippen LogP contribution in [0.15, 0.2) is 48.5 Å². The Morgan fingerprint density at radius 1 is 1.12 bits per heavy atom. The lowest BCUT2D eigenvalue weighted by atomic mass is 10.2. The molecule has 136 valence electrons. The molecule has 0 aromatic heterocycles. The van der Waals surface area contributed by atoms with Crippen molar-refractivity contribution in [1.82, 2.24) is 4.90 Å². The zero-order valence-electron chi connectivity index (χ0n) is 14.4. The summed E-state index contributed by atoms with van der Waals surface area (Å²) in [5.41, 5.74) is 1.04. The predicted octanol–water partition coefficient (Wildman–Crippen LogP) is 3.47. The van der Waals surface area contributed by atoms with E-state index in [2.05, 4.69) is 10.6 Å². The van der Waals surface area contributed by atoms with Gasteiger partial charge in [-0.05, 0) is 49.2 Å². The van der Waals surface area contributed by atoms with Crippen molar-refractivity contribution in [1.29, 1.82) is 0 Å². The molecular formula is C19H20FN3O3. The summed E-state index contributed by atoms with van der Waals surface area (Å²) in [4.78, 5) is 26.7. The van der Waals surface area contributed by atoms with E-state index >= 15 is 0 Å². The van der Waals surface area contributed by atoms with Crippen LogP contribution < -0.4 is 15.4 Å². The normalized spacial score (nSPS) is 16.2. The molecule has 1 atom stereocenters. The Balaban J connectivity index is 1.67. The van der Waals surface area contributed by atoms with Crippen molar-refractivity contribution in [2.45, 2.75) is 18.9 Å². The number of amides is 3. The molecule has 2 aromatic rings. The highest BCUT2D eigenvalue weighted by Gasteiger charge is 2.34. The molecular weight excluding hydrogens is 337 g/mol. The number of hydrogen-bond donors (Lipinski definition) is 2. The maximum Gasteiger partial charge on any atom is 0.322 e. The van der Waals surface area contributed by atoms with Gasteiger partial charge in [0.25, 0.3) is 0 Å². The molecule has 0 saturated carbocycles. The van der Waals surface area contributed by atoms with Gasteiger partial charge in [-0.1, -0.05) is 12.1 Å². The third-order valence-electron chi connectivity index (χ3n) is 4.28. The SMILES string of the molecule is COc1ccccc1NC(=O)N1CCCC1C(=O)Nc1ccc(F)cc1. The number of rotatable bonds is 4. The molecule has 0 aliphatic carbocycles. The van der Waals surface area contributed by atoms with E-state index in [0.29, 0.717) is 30.1 Å². The predicted molar refractivity (Wildman–Crippen MR) is 96.8 cm³/mol. The van der Waals surface area contributed by atoms with Crippen LogP contribution in [0.25, 0.3) is 0 Å². The Kier molecular flexibility index (Phi) is 5.36. The number of benzene rings is 2. The van der Waals surface area contributed by atoms with E-state index in [-0.39, 0.29) is 17.8 Å². The second-order valence-electron chi connectivity index (χ2n) is 5.98. The van der Waals surface area contributed by atoms with E-state index < -0.39 is 6.04 Å². The molecule has 0 spiro atoms. The van der Waals surface area contributed by atoms with Crippen LogP contribution in [-0.2, 0) is 4.79 Å². The van der Waals surface area contributed by atoms with Gasteiger partial charge in [0.1, 0.15) is 17.6 Å². The van der Waals surface area contributed by atoms with Gasteiger partial charge < -0.3 is 20.3 Å². The first kappa shape index (κ1) is 17.7. The molecule has 3 rings (SSSR count). The number of para-hydroxylation sites is 2. The van der Waals surface area contributed by atoms with Gasteiger partial charge in [0.05, 0.1) is 12.8 Å². The standard InChI is InChI=1S/C19H20FN3O3/c1-26-17-7-3-2-5-15(17)22-19(25)23-12-4-6-16(23)18(24)21-14-10-8-13(20)9-11-14/h2-3,5,7-11,16H,4,6,12H2,1H3,(H,21,24)(H,22,25). The molecule has 3 amide bonds. The Morgan fingerprint density at radius 3 is 2.58 bits per heavy atom. The number of likely N-dealkylation sites (tertiary alicyclic amines) is 1. The monoisotopic (exact) mass is 357 g/mol. The van der Waals surface area contributed by atoms with Crippen LogP contribution in [0.4, 0.5) is 20.6 Å². The van der Waals surface area contributed by atoms with Gasteiger partial charge in [0.2, 0.25) is 5.91 Å². The second kappa shape index (κ2) is 7.86. The summed E-state index contributed by atoms with van der Waals surface area (Å²) in [7, 11) is 1.53. The zero-order valence-corrected chi connectivity index (χ0v) is 14.4. The molecule has 2 aromatic carbocycles. The van der Waals surface area contributed by atoms with Gasteiger partial charge in [-0.15, -0.1) is 0 Å². The van der Waals surface area contributed by atoms with Gasteiger partial charge in [0, 0.05) is 12.2 Å². The van der Waals surface area contributed by atoms with Crippen molar-refractivity contribution < 1.29 is 18.7 Å². The molecule has 1 heterocycles. The molecule has 6 nitrogen and oxygen atoms in total. The molecule has 1 aliphatic rings. The first-order valence-electron chi connectivity index (χ1n) is 8.35. The van der Waals surface area contributed by atoms with Gasteiger partial charge in [-0.25, -0.2) is 9.18 Å². The summed E-state index contributed by atoms with van der Waals surface area (Å²) in [6.07, 6.45) is 1.31. The molecule has 0 radical (unpaired) electrons. The van der Waals surface area contributed by atoms with Crippen LogP contribution in [0.1, 0.15) is 12.8 Å². The maximum atomic E-state index is 13.0. The number of carbonyl (C=O) groups excluding carboxylic acids is 2. The van der Waals surface area contributed by atoms with Gasteiger partial charge in [0.15, 0.2) is 0 Å². The Morgan fingerprint density at radius 2 is 1.85 bits per heavy atom. The first-order valence-corrected chi connectivity index (χ1v) is 8.35. The molecule has 1 fully saturated rings. The van der Waals surface area contributed by atoms with Crippen molar-refractivity contribution in [2.75, 3.05) is 24.3 Å². The average molecular weight is 357 g/mol. The molecule has 0 bridgehead atoms. The number of methoxy groups -OCH3 is 1. The fourth-order valence-corrected chi connectivity index (χ4v) is 2.98. The minimum atomic E-state index is -0.574. The smallest absolute Gasteiger partial charge is 0.322 e. The summed E-state index contributed by atoms with van der Waals surface area (Å²) >= 11 is 0. The van der Waals surface area contributed by atoms with E-state index in [9.17, 15) is 14.0 Å². The van der Waals surface area contributed by atoms with Crippen molar-refractivity contribution in [3.63, 3.8) is 0 Å². The number of hydrogen-bond acceptors (Lipinski definition) is 3. The van der Waals surface area contributed by atoms with E-state index in [1.807, 2.05) is 6.07 Å². The Labute approximate surface area is 150 Å². The number of nitrogens with one attached hydrogen (secondary N) is 2. The van der Waals surface area contributed by atoms with Crippen molar-refractivity contribution >= 4 is 23.3 Å². The molecule has 1 saturated heterocycles. The fraction of sp³-hybridized carbons (Fsp3) is 0.263. The zero-order chi connectivity index (χ0) is 18.5. The minimum absolute atomic E-state index is 0.288. The van der Waals surface area contributed by atoms with Crippen LogP contribution in [0.2, 0.25) is 0 Å². The third-order valence-corrected chi connectivity index (χ3v) is 4.28. The van der Waals surface area contributed by atoms with Gasteiger partial charge >= 0.3 is 6.03 Å². The Bertz CT molecular complexity index is 795. The Hall–Kier alpha value is -3.09. The molecule has 2 N–H and O–H groups in total. The number of nitrogens with zero attached hydrogens (tertiary/aromatic N) is 1. The highest BCUT2D eigenvalue weighted by molar-refractivity contribution is 6.00. The number of ether oxygens (including phenoxy) is 1. The van der Waals surface area contributed by atoms with Crippen LogP contribution in [-0.4, -0.2) is 36.5 Å². The highest BCUT2D eigenvalue weighted by atomic mass is 19.1. The van der Waals surface area contributed by atoms with Crippen LogP contribution in [0, 0.1) is 5.82 Å². The number of anilines is 2. The molecule has 7 heteroatoms. The first-order chi connectivity index (χ1) is 12.6. The lowest BCUT2D eigenvalue weighted by Crippen LogP contribution is -2.45. The topological polar surface area (TPSA) is 70.7 Å². The van der Waals surface area contributed by atoms with E-state index in [0.717, 1.165) is 6.42 Å². The van der Waals surface area contributed by atoms with Gasteiger partial charge in [-0.3, -0.25) is 4.79 Å². The average Bonchev–Trinajstić information content (AvgIpc) is 3.14. The lowest BCUT2D eigenvalue weighted by Gasteiger charge is -2.24. The van der Waals surface area contributed by atoms with E-state index in [1.165, 1.54) is 36.3 Å². The minimum Gasteiger partial charge on any atom is -0.495 e. The van der Waals surface area contributed by atoms with Crippen LogP contribution in [0.3, 0.4) is 0 Å². The molecule has 1 aliphatic heterocycles. The summed E-state index contributed by atoms with van der Waals surface area (Å²) < 4.78 is 18.2. The summed E-state index contributed by atoms with van der Waals surface area (Å²) in [6, 6.07) is 11.7. The summed E-state index contributed by atoms with van der Waals surface area (Å²) in [5.74, 6) is -0.113. The lowest BCUT2D eigenvalue weighted by molar-refractivity contribution is -0.119. The molecule has 1 unspecified atom stereocenters. The highest BCUT2D eigenvalue weighted by Crippen LogP contribution is 2.25. The van der Waals surface area contributed by atoms with E-state index in [4.69, 9.17) is 4.74 Å². The maximum absolute atomic E-state index is 13.0. The summed E-state index contributed by atoms with van der Waals surface area (Å²) in [6.45, 7) is 0.489. The number of urea groups is 1. The van der Waals surface area contributed by atoms with Crippen molar-refractivity contribution in [3.8, 4) is 5.75 Å². The fourth-order valence-electron chi connectivity index (χ4n) is 2.98. The number of carbonyl (C=O) groups is 2. The van der Waals surface area contributed by atoms with E-state index in [1.54, 1.807) is 18.2 Å². The largest absolute Gasteiger partial charge is 0.495 e. The number of halogens is 1. The van der Waals surface area contributed by atoms with Crippen LogP contribution >= 0.6 is 0 Å². The summed E-state index contributed by atoms with van der Waals surface area (Å²) in [5, 5.41) is 5.52. The van der Waals surface area contributed by atoms with Crippen molar-refractivity contribution in [2.24, 2.45) is 0 Å². The quantitative estimate of drug-likeness (QED) is 0.880. The van der Waals surface area contributed by atoms with Gasteiger partial charge in [-0.2, -0.15) is 0 Å². The second-order valence-corrected chi connectivity index (χ2v) is 5.98. The molecule has 26 heavy (non-hydrogen) atoms.